The van der Waals surface area contributed by atoms with Crippen LogP contribution in [0, 0.1) is 0 Å². The van der Waals surface area contributed by atoms with Crippen molar-refractivity contribution in [1.82, 2.24) is 19.5 Å². The fourth-order valence-corrected chi connectivity index (χ4v) is 1.93. The monoisotopic (exact) mass is 226 g/mol. The minimum Gasteiger partial charge on any atom is -0.340 e. The SMILES string of the molecule is CCc1ccc2nc(-c3cn(C)cn3)[nH]c2c1. The highest BCUT2D eigenvalue weighted by molar-refractivity contribution is 5.79. The summed E-state index contributed by atoms with van der Waals surface area (Å²) in [6.07, 6.45) is 4.77. The van der Waals surface area contributed by atoms with Crippen LogP contribution in [0.2, 0.25) is 0 Å². The zero-order chi connectivity index (χ0) is 11.8. The van der Waals surface area contributed by atoms with Crippen LogP contribution >= 0.6 is 0 Å². The Morgan fingerprint density at radius 1 is 1.35 bits per heavy atom. The molecule has 86 valence electrons. The van der Waals surface area contributed by atoms with Crippen molar-refractivity contribution in [1.29, 1.82) is 0 Å². The number of nitrogens with one attached hydrogen (secondary N) is 1. The van der Waals surface area contributed by atoms with E-state index in [1.165, 1.54) is 5.56 Å². The molecule has 0 aliphatic rings. The van der Waals surface area contributed by atoms with Crippen LogP contribution < -0.4 is 0 Å². The van der Waals surface area contributed by atoms with E-state index in [0.717, 1.165) is 29.0 Å². The molecule has 0 spiro atoms. The molecule has 0 radical (unpaired) electrons. The normalized spacial score (nSPS) is 11.2. The number of hydrogen-bond acceptors (Lipinski definition) is 2. The number of hydrogen-bond donors (Lipinski definition) is 1. The zero-order valence-corrected chi connectivity index (χ0v) is 9.94. The van der Waals surface area contributed by atoms with E-state index in [9.17, 15) is 0 Å². The first kappa shape index (κ1) is 10.1. The van der Waals surface area contributed by atoms with Crippen molar-refractivity contribution in [2.75, 3.05) is 0 Å². The molecule has 4 heteroatoms. The van der Waals surface area contributed by atoms with Gasteiger partial charge < -0.3 is 9.55 Å². The van der Waals surface area contributed by atoms with Crippen LogP contribution in [0.15, 0.2) is 30.7 Å². The minimum atomic E-state index is 0.828. The van der Waals surface area contributed by atoms with Gasteiger partial charge in [-0.1, -0.05) is 13.0 Å². The molecule has 0 aliphatic carbocycles. The largest absolute Gasteiger partial charge is 0.340 e. The molecule has 0 unspecified atom stereocenters. The van der Waals surface area contributed by atoms with Crippen molar-refractivity contribution < 1.29 is 0 Å². The van der Waals surface area contributed by atoms with Gasteiger partial charge in [-0.25, -0.2) is 9.97 Å². The fraction of sp³-hybridized carbons (Fsp3) is 0.231. The topological polar surface area (TPSA) is 46.5 Å². The maximum Gasteiger partial charge on any atom is 0.158 e. The second kappa shape index (κ2) is 3.73. The summed E-state index contributed by atoms with van der Waals surface area (Å²) in [6.45, 7) is 2.15. The number of rotatable bonds is 2. The molecule has 2 heterocycles. The average molecular weight is 226 g/mol. The molecule has 3 aromatic rings. The number of fused-ring (bicyclic) bond motifs is 1. The molecule has 1 aromatic carbocycles. The van der Waals surface area contributed by atoms with E-state index in [0.29, 0.717) is 0 Å². The van der Waals surface area contributed by atoms with Gasteiger partial charge in [0.15, 0.2) is 5.82 Å². The summed E-state index contributed by atoms with van der Waals surface area (Å²) in [7, 11) is 1.95. The molecule has 0 fully saturated rings. The van der Waals surface area contributed by atoms with E-state index in [1.807, 2.05) is 17.8 Å². The molecule has 0 saturated heterocycles. The first-order valence-electron chi connectivity index (χ1n) is 5.73. The van der Waals surface area contributed by atoms with Crippen molar-refractivity contribution in [2.24, 2.45) is 7.05 Å². The number of nitrogens with zero attached hydrogens (tertiary/aromatic N) is 3. The molecular formula is C13H14N4. The van der Waals surface area contributed by atoms with Gasteiger partial charge in [-0.2, -0.15) is 0 Å². The first-order valence-corrected chi connectivity index (χ1v) is 5.73. The van der Waals surface area contributed by atoms with Crippen molar-refractivity contribution in [2.45, 2.75) is 13.3 Å². The van der Waals surface area contributed by atoms with E-state index in [2.05, 4.69) is 40.1 Å². The first-order chi connectivity index (χ1) is 8.26. The molecule has 3 rings (SSSR count). The fourth-order valence-electron chi connectivity index (χ4n) is 1.93. The highest BCUT2D eigenvalue weighted by Gasteiger charge is 2.07. The van der Waals surface area contributed by atoms with E-state index < -0.39 is 0 Å². The zero-order valence-electron chi connectivity index (χ0n) is 9.94. The molecule has 0 aliphatic heterocycles. The molecule has 0 atom stereocenters. The lowest BCUT2D eigenvalue weighted by Crippen LogP contribution is -1.80. The summed E-state index contributed by atoms with van der Waals surface area (Å²) in [4.78, 5) is 12.1. The summed E-state index contributed by atoms with van der Waals surface area (Å²) in [6, 6.07) is 6.32. The van der Waals surface area contributed by atoms with Gasteiger partial charge in [0.25, 0.3) is 0 Å². The molecule has 17 heavy (non-hydrogen) atoms. The minimum absolute atomic E-state index is 0.828. The van der Waals surface area contributed by atoms with Gasteiger partial charge in [0.2, 0.25) is 0 Å². The van der Waals surface area contributed by atoms with Gasteiger partial charge in [0.05, 0.1) is 17.4 Å². The van der Waals surface area contributed by atoms with E-state index in [-0.39, 0.29) is 0 Å². The second-order valence-electron chi connectivity index (χ2n) is 4.21. The number of H-pyrrole nitrogens is 1. The lowest BCUT2D eigenvalue weighted by molar-refractivity contribution is 0.913. The van der Waals surface area contributed by atoms with Crippen LogP contribution in [0.4, 0.5) is 0 Å². The van der Waals surface area contributed by atoms with Crippen molar-refractivity contribution in [3.63, 3.8) is 0 Å². The Labute approximate surface area is 99.3 Å². The number of aromatic amines is 1. The lowest BCUT2D eigenvalue weighted by Gasteiger charge is -1.93. The smallest absolute Gasteiger partial charge is 0.158 e. The maximum absolute atomic E-state index is 4.54. The third-order valence-corrected chi connectivity index (χ3v) is 2.90. The average Bonchev–Trinajstić information content (AvgIpc) is 2.93. The van der Waals surface area contributed by atoms with Gasteiger partial charge in [-0.3, -0.25) is 0 Å². The van der Waals surface area contributed by atoms with E-state index in [1.54, 1.807) is 6.33 Å². The number of aromatic nitrogens is 4. The molecule has 2 aromatic heterocycles. The van der Waals surface area contributed by atoms with Crippen LogP contribution in [0.25, 0.3) is 22.6 Å². The summed E-state index contributed by atoms with van der Waals surface area (Å²) < 4.78 is 1.92. The molecule has 0 bridgehead atoms. The molecular weight excluding hydrogens is 212 g/mol. The van der Waals surface area contributed by atoms with Crippen molar-refractivity contribution in [3.05, 3.63) is 36.3 Å². The highest BCUT2D eigenvalue weighted by Crippen LogP contribution is 2.19. The summed E-state index contributed by atoms with van der Waals surface area (Å²) in [5.74, 6) is 0.828. The molecule has 1 N–H and O–H groups in total. The third-order valence-electron chi connectivity index (χ3n) is 2.90. The van der Waals surface area contributed by atoms with Crippen LogP contribution in [0.3, 0.4) is 0 Å². The summed E-state index contributed by atoms with van der Waals surface area (Å²) in [5, 5.41) is 0. The Hall–Kier alpha value is -2.10. The van der Waals surface area contributed by atoms with Crippen LogP contribution in [0.5, 0.6) is 0 Å². The Morgan fingerprint density at radius 3 is 2.94 bits per heavy atom. The second-order valence-corrected chi connectivity index (χ2v) is 4.21. The highest BCUT2D eigenvalue weighted by atomic mass is 15.0. The molecule has 0 amide bonds. The Balaban J connectivity index is 2.13. The Morgan fingerprint density at radius 2 is 2.24 bits per heavy atom. The van der Waals surface area contributed by atoms with E-state index in [4.69, 9.17) is 0 Å². The van der Waals surface area contributed by atoms with Gasteiger partial charge >= 0.3 is 0 Å². The number of imidazole rings is 2. The lowest BCUT2D eigenvalue weighted by atomic mass is 10.1. The Bertz CT molecular complexity index is 663. The van der Waals surface area contributed by atoms with E-state index >= 15 is 0 Å². The third kappa shape index (κ3) is 1.71. The molecule has 4 nitrogen and oxygen atoms in total. The summed E-state index contributed by atoms with van der Waals surface area (Å²) >= 11 is 0. The number of benzene rings is 1. The van der Waals surface area contributed by atoms with Crippen LogP contribution in [-0.4, -0.2) is 19.5 Å². The predicted octanol–water partition coefficient (Wildman–Crippen LogP) is 2.53. The van der Waals surface area contributed by atoms with Gasteiger partial charge in [-0.05, 0) is 24.1 Å². The Kier molecular flexibility index (Phi) is 2.21. The van der Waals surface area contributed by atoms with Crippen molar-refractivity contribution >= 4 is 11.0 Å². The van der Waals surface area contributed by atoms with Crippen molar-refractivity contribution in [3.8, 4) is 11.5 Å². The van der Waals surface area contributed by atoms with Crippen LogP contribution in [-0.2, 0) is 13.5 Å². The van der Waals surface area contributed by atoms with Gasteiger partial charge in [0, 0.05) is 13.2 Å². The quantitative estimate of drug-likeness (QED) is 0.729. The molecule has 0 saturated carbocycles. The van der Waals surface area contributed by atoms with Crippen LogP contribution in [0.1, 0.15) is 12.5 Å². The standard InChI is InChI=1S/C13H14N4/c1-3-9-4-5-10-11(6-9)16-13(15-10)12-7-17(2)8-14-12/h4-8H,3H2,1-2H3,(H,15,16). The summed E-state index contributed by atoms with van der Waals surface area (Å²) in [5.41, 5.74) is 4.25. The predicted molar refractivity (Wildman–Crippen MR) is 67.7 cm³/mol. The van der Waals surface area contributed by atoms with Gasteiger partial charge in [0.1, 0.15) is 5.69 Å². The maximum atomic E-state index is 4.54. The number of aryl methyl sites for hydroxylation is 2. The van der Waals surface area contributed by atoms with Gasteiger partial charge in [-0.15, -0.1) is 0 Å².